The van der Waals surface area contributed by atoms with Crippen molar-refractivity contribution in [3.63, 3.8) is 0 Å². The molecule has 0 aromatic rings. The summed E-state index contributed by atoms with van der Waals surface area (Å²) in [7, 11) is 0. The average Bonchev–Trinajstić information content (AvgIpc) is 2.22. The van der Waals surface area contributed by atoms with Crippen molar-refractivity contribution < 1.29 is 4.79 Å². The first kappa shape index (κ1) is 14.5. The molecule has 1 fully saturated rings. The molecule has 3 heteroatoms. The number of nitrogens with zero attached hydrogens (tertiary/aromatic N) is 1. The third-order valence-electron chi connectivity index (χ3n) is 3.81. The van der Waals surface area contributed by atoms with Crippen molar-refractivity contribution in [1.82, 2.24) is 10.2 Å². The highest BCUT2D eigenvalue weighted by Gasteiger charge is 2.31. The van der Waals surface area contributed by atoms with Crippen LogP contribution in [0.15, 0.2) is 0 Å². The summed E-state index contributed by atoms with van der Waals surface area (Å²) in [4.78, 5) is 14.3. The number of hydrogen-bond acceptors (Lipinski definition) is 2. The van der Waals surface area contributed by atoms with Crippen LogP contribution in [0.25, 0.3) is 0 Å². The largest absolute Gasteiger partial charge is 0.339 e. The van der Waals surface area contributed by atoms with Gasteiger partial charge in [-0.3, -0.25) is 4.79 Å². The van der Waals surface area contributed by atoms with E-state index in [4.69, 9.17) is 0 Å². The van der Waals surface area contributed by atoms with E-state index in [2.05, 4.69) is 44.8 Å². The van der Waals surface area contributed by atoms with E-state index in [-0.39, 0.29) is 0 Å². The molecule has 1 heterocycles. The lowest BCUT2D eigenvalue weighted by Crippen LogP contribution is -2.49. The van der Waals surface area contributed by atoms with Crippen molar-refractivity contribution in [1.29, 1.82) is 0 Å². The van der Waals surface area contributed by atoms with Gasteiger partial charge in [-0.15, -0.1) is 0 Å². The molecule has 3 unspecified atom stereocenters. The quantitative estimate of drug-likeness (QED) is 0.817. The Kier molecular flexibility index (Phi) is 5.44. The van der Waals surface area contributed by atoms with Crippen LogP contribution in [-0.4, -0.2) is 36.0 Å². The van der Waals surface area contributed by atoms with Gasteiger partial charge in [0.05, 0.1) is 0 Å². The maximum atomic E-state index is 12.2. The first-order chi connectivity index (χ1) is 7.91. The predicted molar refractivity (Wildman–Crippen MR) is 71.9 cm³/mol. The van der Waals surface area contributed by atoms with Crippen LogP contribution >= 0.6 is 0 Å². The highest BCUT2D eigenvalue weighted by atomic mass is 16.2. The van der Waals surface area contributed by atoms with Crippen LogP contribution < -0.4 is 5.32 Å². The topological polar surface area (TPSA) is 32.3 Å². The van der Waals surface area contributed by atoms with Gasteiger partial charge in [-0.1, -0.05) is 27.7 Å². The summed E-state index contributed by atoms with van der Waals surface area (Å²) in [6.45, 7) is 12.6. The summed E-state index contributed by atoms with van der Waals surface area (Å²) >= 11 is 0. The van der Waals surface area contributed by atoms with Crippen molar-refractivity contribution >= 4 is 5.91 Å². The highest BCUT2D eigenvalue weighted by Crippen LogP contribution is 2.27. The van der Waals surface area contributed by atoms with Gasteiger partial charge in [-0.05, 0) is 25.2 Å². The normalized spacial score (nSPS) is 29.8. The minimum atomic E-state index is 0.309. The van der Waals surface area contributed by atoms with Gasteiger partial charge in [0.1, 0.15) is 0 Å². The van der Waals surface area contributed by atoms with Crippen molar-refractivity contribution in [3.05, 3.63) is 0 Å². The number of likely N-dealkylation sites (tertiary alicyclic amines) is 1. The van der Waals surface area contributed by atoms with Crippen molar-refractivity contribution in [3.8, 4) is 0 Å². The molecule has 0 spiro atoms. The highest BCUT2D eigenvalue weighted by molar-refractivity contribution is 5.76. The molecule has 0 radical (unpaired) electrons. The molecular weight excluding hydrogens is 212 g/mol. The molecule has 1 amide bonds. The van der Waals surface area contributed by atoms with E-state index in [0.29, 0.717) is 36.2 Å². The minimum absolute atomic E-state index is 0.309. The van der Waals surface area contributed by atoms with Gasteiger partial charge in [-0.2, -0.15) is 0 Å². The van der Waals surface area contributed by atoms with Crippen LogP contribution in [0.4, 0.5) is 0 Å². The van der Waals surface area contributed by atoms with Crippen LogP contribution in [0, 0.1) is 11.8 Å². The standard InChI is InChI=1S/C14H28N2O/c1-10(2)15-7-6-14(17)16-9-11(3)8-12(4)13(16)5/h10-13,15H,6-9H2,1-5H3. The monoisotopic (exact) mass is 240 g/mol. The first-order valence-electron chi connectivity index (χ1n) is 6.94. The van der Waals surface area contributed by atoms with Gasteiger partial charge in [0.2, 0.25) is 5.91 Å². The van der Waals surface area contributed by atoms with Crippen LogP contribution in [-0.2, 0) is 4.79 Å². The van der Waals surface area contributed by atoms with Gasteiger partial charge in [0, 0.05) is 31.6 Å². The smallest absolute Gasteiger partial charge is 0.224 e. The van der Waals surface area contributed by atoms with Gasteiger partial charge in [0.15, 0.2) is 0 Å². The maximum Gasteiger partial charge on any atom is 0.224 e. The molecule has 1 aliphatic rings. The van der Waals surface area contributed by atoms with Crippen molar-refractivity contribution in [2.45, 2.75) is 59.5 Å². The molecule has 100 valence electrons. The van der Waals surface area contributed by atoms with E-state index in [1.165, 1.54) is 6.42 Å². The Bertz CT molecular complexity index is 253. The molecule has 0 bridgehead atoms. The van der Waals surface area contributed by atoms with Gasteiger partial charge < -0.3 is 10.2 Å². The molecule has 1 saturated heterocycles. The Labute approximate surface area is 106 Å². The van der Waals surface area contributed by atoms with Gasteiger partial charge >= 0.3 is 0 Å². The maximum absolute atomic E-state index is 12.2. The fourth-order valence-electron chi connectivity index (χ4n) is 2.66. The van der Waals surface area contributed by atoms with E-state index < -0.39 is 0 Å². The van der Waals surface area contributed by atoms with Crippen LogP contribution in [0.5, 0.6) is 0 Å². The number of amides is 1. The summed E-state index contributed by atoms with van der Waals surface area (Å²) in [6, 6.07) is 0.858. The number of carbonyl (C=O) groups excluding carboxylic acids is 1. The number of rotatable bonds is 4. The fraction of sp³-hybridized carbons (Fsp3) is 0.929. The number of hydrogen-bond donors (Lipinski definition) is 1. The molecule has 3 nitrogen and oxygen atoms in total. The SMILES string of the molecule is CC1CC(C)C(C)N(C(=O)CCNC(C)C)C1. The second kappa shape index (κ2) is 6.39. The molecule has 0 aliphatic carbocycles. The summed E-state index contributed by atoms with van der Waals surface area (Å²) in [5.41, 5.74) is 0. The zero-order chi connectivity index (χ0) is 13.0. The number of piperidine rings is 1. The molecule has 17 heavy (non-hydrogen) atoms. The molecule has 1 rings (SSSR count). The Morgan fingerprint density at radius 2 is 2.00 bits per heavy atom. The summed E-state index contributed by atoms with van der Waals surface area (Å²) in [6.07, 6.45) is 1.87. The fourth-order valence-corrected chi connectivity index (χ4v) is 2.66. The number of nitrogens with one attached hydrogen (secondary N) is 1. The van der Waals surface area contributed by atoms with Gasteiger partial charge in [0.25, 0.3) is 0 Å². The summed E-state index contributed by atoms with van der Waals surface area (Å²) in [5.74, 6) is 1.58. The third kappa shape index (κ3) is 4.30. The molecule has 1 aliphatic heterocycles. The van der Waals surface area contributed by atoms with E-state index in [0.717, 1.165) is 13.1 Å². The lowest BCUT2D eigenvalue weighted by atomic mass is 9.86. The zero-order valence-corrected chi connectivity index (χ0v) is 12.0. The summed E-state index contributed by atoms with van der Waals surface area (Å²) < 4.78 is 0. The van der Waals surface area contributed by atoms with E-state index in [1.54, 1.807) is 0 Å². The lowest BCUT2D eigenvalue weighted by molar-refractivity contribution is -0.136. The predicted octanol–water partition coefficient (Wildman–Crippen LogP) is 2.27. The van der Waals surface area contributed by atoms with Crippen LogP contribution in [0.2, 0.25) is 0 Å². The van der Waals surface area contributed by atoms with E-state index in [9.17, 15) is 4.79 Å². The van der Waals surface area contributed by atoms with Crippen LogP contribution in [0.1, 0.15) is 47.5 Å². The van der Waals surface area contributed by atoms with E-state index in [1.807, 2.05) is 0 Å². The second-order valence-corrected chi connectivity index (χ2v) is 5.96. The summed E-state index contributed by atoms with van der Waals surface area (Å²) in [5, 5.41) is 3.31. The Morgan fingerprint density at radius 1 is 1.35 bits per heavy atom. The number of carbonyl (C=O) groups is 1. The molecule has 1 N–H and O–H groups in total. The molecular formula is C14H28N2O. The molecule has 0 saturated carbocycles. The average molecular weight is 240 g/mol. The minimum Gasteiger partial charge on any atom is -0.339 e. The Hall–Kier alpha value is -0.570. The lowest BCUT2D eigenvalue weighted by Gasteiger charge is -2.41. The Morgan fingerprint density at radius 3 is 2.59 bits per heavy atom. The van der Waals surface area contributed by atoms with Crippen molar-refractivity contribution in [2.24, 2.45) is 11.8 Å². The van der Waals surface area contributed by atoms with E-state index >= 15 is 0 Å². The van der Waals surface area contributed by atoms with Gasteiger partial charge in [-0.25, -0.2) is 0 Å². The second-order valence-electron chi connectivity index (χ2n) is 5.96. The zero-order valence-electron chi connectivity index (χ0n) is 12.0. The van der Waals surface area contributed by atoms with Crippen LogP contribution in [0.3, 0.4) is 0 Å². The van der Waals surface area contributed by atoms with Crippen molar-refractivity contribution in [2.75, 3.05) is 13.1 Å². The molecule has 3 atom stereocenters. The molecule has 0 aromatic heterocycles. The third-order valence-corrected chi connectivity index (χ3v) is 3.81. The Balaban J connectivity index is 2.44. The molecule has 0 aromatic carbocycles. The first-order valence-corrected chi connectivity index (χ1v) is 6.94.